The minimum atomic E-state index is -3.58. The van der Waals surface area contributed by atoms with Gasteiger partial charge in [0.25, 0.3) is 0 Å². The van der Waals surface area contributed by atoms with Crippen molar-refractivity contribution in [1.82, 2.24) is 9.21 Å². The van der Waals surface area contributed by atoms with E-state index in [1.807, 2.05) is 13.1 Å². The molecule has 2 aromatic carbocycles. The van der Waals surface area contributed by atoms with Gasteiger partial charge in [0.15, 0.2) is 0 Å². The van der Waals surface area contributed by atoms with Crippen LogP contribution in [0.1, 0.15) is 23.1 Å². The van der Waals surface area contributed by atoms with Crippen LogP contribution in [0.25, 0.3) is 11.1 Å². The highest BCUT2D eigenvalue weighted by Crippen LogP contribution is 2.42. The van der Waals surface area contributed by atoms with E-state index in [0.29, 0.717) is 29.9 Å². The van der Waals surface area contributed by atoms with Gasteiger partial charge in [0.2, 0.25) is 16.1 Å². The first kappa shape index (κ1) is 26.0. The fourth-order valence-electron chi connectivity index (χ4n) is 4.50. The average Bonchev–Trinajstić information content (AvgIpc) is 3.16. The summed E-state index contributed by atoms with van der Waals surface area (Å²) in [5.41, 5.74) is 4.88. The van der Waals surface area contributed by atoms with Crippen LogP contribution in [0, 0.1) is 5.21 Å². The largest absolute Gasteiger partial charge is 0.758 e. The number of rotatable bonds is 8. The fourth-order valence-corrected chi connectivity index (χ4v) is 5.40. The van der Waals surface area contributed by atoms with Gasteiger partial charge in [0.1, 0.15) is 5.71 Å². The molecule has 12 heteroatoms. The highest BCUT2D eigenvalue weighted by Gasteiger charge is 2.31. The lowest BCUT2D eigenvalue weighted by Gasteiger charge is -2.34. The molecular formula is C24H29N4O7S-. The molecule has 0 saturated carbocycles. The molecule has 194 valence electrons. The van der Waals surface area contributed by atoms with Crippen LogP contribution in [0.15, 0.2) is 40.4 Å². The molecule has 11 nitrogen and oxygen atoms in total. The fraction of sp³-hybridized carbons (Fsp3) is 0.417. The SMILES string of the molecule is CN1CCc2c(-c3ccc(S(=O)(=O)N(C)C)cc3)cc3c(c2C1)N([O-])CC3=NOC(CCO)C(=O)O. The molecule has 1 unspecified atom stereocenters. The average molecular weight is 518 g/mol. The molecule has 0 amide bonds. The molecular weight excluding hydrogens is 488 g/mol. The van der Waals surface area contributed by atoms with Gasteiger partial charge in [-0.25, -0.2) is 17.5 Å². The van der Waals surface area contributed by atoms with Gasteiger partial charge in [-0.3, -0.25) is 0 Å². The van der Waals surface area contributed by atoms with Crippen LogP contribution in [-0.4, -0.2) is 86.5 Å². The number of aliphatic hydroxyl groups excluding tert-OH is 1. The van der Waals surface area contributed by atoms with Crippen molar-refractivity contribution in [3.8, 4) is 11.1 Å². The van der Waals surface area contributed by atoms with Crippen LogP contribution >= 0.6 is 0 Å². The number of carboxylic acids is 1. The van der Waals surface area contributed by atoms with Crippen molar-refractivity contribution in [3.05, 3.63) is 52.2 Å². The summed E-state index contributed by atoms with van der Waals surface area (Å²) in [6.07, 6.45) is -0.760. The zero-order valence-electron chi connectivity index (χ0n) is 20.3. The minimum absolute atomic E-state index is 0.0968. The molecule has 0 fully saturated rings. The van der Waals surface area contributed by atoms with Crippen LogP contribution in [-0.2, 0) is 32.6 Å². The smallest absolute Gasteiger partial charge is 0.347 e. The molecule has 2 aliphatic rings. The van der Waals surface area contributed by atoms with Gasteiger partial charge in [0.05, 0.1) is 11.4 Å². The topological polar surface area (TPSA) is 146 Å². The summed E-state index contributed by atoms with van der Waals surface area (Å²) < 4.78 is 26.1. The number of benzene rings is 2. The first-order valence-corrected chi connectivity index (χ1v) is 12.9. The Balaban J connectivity index is 1.81. The third-order valence-corrected chi connectivity index (χ3v) is 8.27. The Kier molecular flexibility index (Phi) is 7.34. The number of hydroxylamine groups is 1. The van der Waals surface area contributed by atoms with Crippen molar-refractivity contribution < 1.29 is 28.3 Å². The predicted octanol–water partition coefficient (Wildman–Crippen LogP) is 1.47. The Morgan fingerprint density at radius 3 is 2.50 bits per heavy atom. The summed E-state index contributed by atoms with van der Waals surface area (Å²) in [7, 11) is 1.35. The van der Waals surface area contributed by atoms with E-state index in [1.54, 1.807) is 24.3 Å². The number of carbonyl (C=O) groups is 1. The second-order valence-electron chi connectivity index (χ2n) is 9.10. The number of aliphatic carboxylic acids is 1. The molecule has 4 rings (SSSR count). The number of oxime groups is 1. The second kappa shape index (κ2) is 10.1. The van der Waals surface area contributed by atoms with Gasteiger partial charge in [-0.2, -0.15) is 0 Å². The summed E-state index contributed by atoms with van der Waals surface area (Å²) in [5, 5.41) is 36.2. The summed E-state index contributed by atoms with van der Waals surface area (Å²) in [6.45, 7) is 0.875. The third kappa shape index (κ3) is 4.82. The monoisotopic (exact) mass is 517 g/mol. The highest BCUT2D eigenvalue weighted by molar-refractivity contribution is 7.89. The lowest BCUT2D eigenvalue weighted by Crippen LogP contribution is -2.28. The molecule has 0 saturated heterocycles. The maximum absolute atomic E-state index is 13.0. The number of nitrogens with zero attached hydrogens (tertiary/aromatic N) is 4. The second-order valence-corrected chi connectivity index (χ2v) is 11.2. The van der Waals surface area contributed by atoms with Crippen LogP contribution < -0.4 is 5.06 Å². The number of likely N-dealkylation sites (N-methyl/N-ethyl adjacent to an activating group) is 1. The number of carboxylic acid groups (broad SMARTS) is 1. The number of anilines is 1. The van der Waals surface area contributed by atoms with Crippen molar-refractivity contribution in [3.63, 3.8) is 0 Å². The van der Waals surface area contributed by atoms with Gasteiger partial charge in [-0.05, 0) is 53.9 Å². The highest BCUT2D eigenvalue weighted by atomic mass is 32.2. The van der Waals surface area contributed by atoms with E-state index in [2.05, 4.69) is 10.1 Å². The Hall–Kier alpha value is -3.03. The normalized spacial score (nSPS) is 17.8. The number of fused-ring (bicyclic) bond motifs is 3. The molecule has 1 atom stereocenters. The maximum Gasteiger partial charge on any atom is 0.347 e. The lowest BCUT2D eigenvalue weighted by molar-refractivity contribution is -0.151. The lowest BCUT2D eigenvalue weighted by atomic mass is 9.87. The summed E-state index contributed by atoms with van der Waals surface area (Å²) in [4.78, 5) is 18.9. The molecule has 0 bridgehead atoms. The van der Waals surface area contributed by atoms with E-state index < -0.39 is 22.1 Å². The van der Waals surface area contributed by atoms with Crippen molar-refractivity contribution in [2.24, 2.45) is 5.16 Å². The Morgan fingerprint density at radius 1 is 1.19 bits per heavy atom. The van der Waals surface area contributed by atoms with Crippen molar-refractivity contribution in [1.29, 1.82) is 0 Å². The van der Waals surface area contributed by atoms with E-state index in [0.717, 1.165) is 38.2 Å². The number of sulfonamides is 1. The third-order valence-electron chi connectivity index (χ3n) is 6.45. The van der Waals surface area contributed by atoms with E-state index in [4.69, 9.17) is 9.94 Å². The standard InChI is InChI=1S/C24H29N4O7S/c1-26(2)36(33,34)16-6-4-15(5-7-16)18-12-19-21(25-35-22(9-11-29)24(30)31)14-28(32)23(19)20-13-27(3)10-8-17(18)20/h4-7,12,22,29H,8-11,13-14H2,1-3H3,(H,30,31)/q-1. The van der Waals surface area contributed by atoms with Gasteiger partial charge in [-0.1, -0.05) is 17.3 Å². The van der Waals surface area contributed by atoms with E-state index in [9.17, 15) is 23.5 Å². The van der Waals surface area contributed by atoms with Gasteiger partial charge in [-0.15, -0.1) is 0 Å². The van der Waals surface area contributed by atoms with Crippen LogP contribution in [0.3, 0.4) is 0 Å². The number of hydrogen-bond donors (Lipinski definition) is 2. The first-order valence-electron chi connectivity index (χ1n) is 11.5. The summed E-state index contributed by atoms with van der Waals surface area (Å²) in [6, 6.07) is 8.45. The minimum Gasteiger partial charge on any atom is -0.758 e. The Bertz CT molecular complexity index is 1290. The van der Waals surface area contributed by atoms with E-state index in [-0.39, 0.29) is 24.5 Å². The summed E-state index contributed by atoms with van der Waals surface area (Å²) in [5.74, 6) is -1.26. The van der Waals surface area contributed by atoms with Crippen molar-refractivity contribution in [2.45, 2.75) is 30.4 Å². The maximum atomic E-state index is 13.0. The number of hydrogen-bond acceptors (Lipinski definition) is 9. The van der Waals surface area contributed by atoms with Gasteiger partial charge >= 0.3 is 5.97 Å². The molecule has 2 aromatic rings. The van der Waals surface area contributed by atoms with E-state index in [1.165, 1.54) is 14.1 Å². The summed E-state index contributed by atoms with van der Waals surface area (Å²) >= 11 is 0. The zero-order chi connectivity index (χ0) is 26.2. The van der Waals surface area contributed by atoms with Crippen LogP contribution in [0.5, 0.6) is 0 Å². The van der Waals surface area contributed by atoms with Crippen LogP contribution in [0.4, 0.5) is 5.69 Å². The molecule has 0 radical (unpaired) electrons. The number of aliphatic hydroxyl groups is 1. The molecule has 2 heterocycles. The molecule has 0 aliphatic carbocycles. The molecule has 0 aromatic heterocycles. The molecule has 0 spiro atoms. The van der Waals surface area contributed by atoms with Gasteiger partial charge < -0.3 is 30.2 Å². The zero-order valence-corrected chi connectivity index (χ0v) is 21.2. The van der Waals surface area contributed by atoms with Crippen molar-refractivity contribution in [2.75, 3.05) is 45.9 Å². The quantitative estimate of drug-likeness (QED) is 0.497. The first-order chi connectivity index (χ1) is 17.0. The van der Waals surface area contributed by atoms with E-state index >= 15 is 0 Å². The molecule has 2 aliphatic heterocycles. The van der Waals surface area contributed by atoms with Crippen molar-refractivity contribution >= 4 is 27.4 Å². The molecule has 2 N–H and O–H groups in total. The Morgan fingerprint density at radius 2 is 1.89 bits per heavy atom. The Labute approximate surface area is 209 Å². The molecule has 36 heavy (non-hydrogen) atoms. The predicted molar refractivity (Wildman–Crippen MR) is 134 cm³/mol. The van der Waals surface area contributed by atoms with Gasteiger partial charge in [0, 0.05) is 51.5 Å². The van der Waals surface area contributed by atoms with Crippen LogP contribution in [0.2, 0.25) is 0 Å².